The zero-order valence-corrected chi connectivity index (χ0v) is 17.4. The molecule has 0 aliphatic carbocycles. The van der Waals surface area contributed by atoms with Crippen LogP contribution in [0.25, 0.3) is 32.9 Å². The Balaban J connectivity index is 1.60. The van der Waals surface area contributed by atoms with Gasteiger partial charge in [-0.3, -0.25) is 4.79 Å². The lowest BCUT2D eigenvalue weighted by molar-refractivity contribution is -0.137. The van der Waals surface area contributed by atoms with E-state index in [4.69, 9.17) is 14.5 Å². The standard InChI is InChI=1S/C25H23N3O3/c1-17-15-21-19-9-5-6-10-20(19)23(18-7-3-2-4-8-18)27-24(21)25(26-17)31-16-22(29)28-11-13-30-14-12-28/h2-10,15H,11-14,16H2,1H3. The summed E-state index contributed by atoms with van der Waals surface area (Å²) in [6, 6.07) is 20.3. The SMILES string of the molecule is Cc1cc2c(nc(-c3ccccc3)c3ccccc32)c(OCC(=O)N2CCOCC2)n1. The molecule has 1 aliphatic rings. The number of carbonyl (C=O) groups excluding carboxylic acids is 1. The third-order valence-electron chi connectivity index (χ3n) is 5.53. The van der Waals surface area contributed by atoms with E-state index in [1.165, 1.54) is 0 Å². The molecule has 1 fully saturated rings. The van der Waals surface area contributed by atoms with Crippen LogP contribution in [0.3, 0.4) is 0 Å². The second-order valence-corrected chi connectivity index (χ2v) is 7.62. The average Bonchev–Trinajstić information content (AvgIpc) is 2.83. The number of ether oxygens (including phenoxy) is 2. The van der Waals surface area contributed by atoms with E-state index in [-0.39, 0.29) is 12.5 Å². The number of pyridine rings is 2. The van der Waals surface area contributed by atoms with E-state index in [0.29, 0.717) is 37.7 Å². The van der Waals surface area contributed by atoms with Gasteiger partial charge in [-0.1, -0.05) is 54.6 Å². The molecule has 4 aromatic rings. The topological polar surface area (TPSA) is 64.5 Å². The molecule has 31 heavy (non-hydrogen) atoms. The van der Waals surface area contributed by atoms with Crippen molar-refractivity contribution in [3.63, 3.8) is 0 Å². The van der Waals surface area contributed by atoms with Crippen molar-refractivity contribution in [2.45, 2.75) is 6.92 Å². The Bertz CT molecular complexity index is 1250. The van der Waals surface area contributed by atoms with E-state index >= 15 is 0 Å². The van der Waals surface area contributed by atoms with Gasteiger partial charge in [0.15, 0.2) is 6.61 Å². The van der Waals surface area contributed by atoms with Gasteiger partial charge in [-0.15, -0.1) is 0 Å². The van der Waals surface area contributed by atoms with Crippen molar-refractivity contribution in [2.75, 3.05) is 32.9 Å². The first-order valence-electron chi connectivity index (χ1n) is 10.4. The molecule has 1 aliphatic heterocycles. The van der Waals surface area contributed by atoms with Gasteiger partial charge < -0.3 is 14.4 Å². The van der Waals surface area contributed by atoms with E-state index in [0.717, 1.165) is 33.1 Å². The maximum atomic E-state index is 12.6. The van der Waals surface area contributed by atoms with Crippen LogP contribution in [-0.2, 0) is 9.53 Å². The Morgan fingerprint density at radius 2 is 1.68 bits per heavy atom. The highest BCUT2D eigenvalue weighted by molar-refractivity contribution is 6.12. The van der Waals surface area contributed by atoms with Crippen LogP contribution in [0.5, 0.6) is 5.88 Å². The summed E-state index contributed by atoms with van der Waals surface area (Å²) in [7, 11) is 0. The molecule has 0 radical (unpaired) electrons. The van der Waals surface area contributed by atoms with Crippen LogP contribution in [0.2, 0.25) is 0 Å². The summed E-state index contributed by atoms with van der Waals surface area (Å²) in [6.45, 7) is 4.16. The molecule has 0 saturated carbocycles. The lowest BCUT2D eigenvalue weighted by Crippen LogP contribution is -2.43. The van der Waals surface area contributed by atoms with Gasteiger partial charge in [-0.05, 0) is 18.4 Å². The third kappa shape index (κ3) is 3.82. The Labute approximate surface area is 180 Å². The minimum atomic E-state index is -0.0687. The molecule has 6 nitrogen and oxygen atoms in total. The predicted molar refractivity (Wildman–Crippen MR) is 120 cm³/mol. The third-order valence-corrected chi connectivity index (χ3v) is 5.53. The number of amides is 1. The monoisotopic (exact) mass is 413 g/mol. The summed E-state index contributed by atoms with van der Waals surface area (Å²) in [6.07, 6.45) is 0. The van der Waals surface area contributed by atoms with Crippen molar-refractivity contribution in [3.05, 3.63) is 66.4 Å². The average molecular weight is 413 g/mol. The second-order valence-electron chi connectivity index (χ2n) is 7.62. The first kappa shape index (κ1) is 19.5. The molecule has 0 N–H and O–H groups in total. The fourth-order valence-corrected chi connectivity index (χ4v) is 4.00. The molecule has 0 unspecified atom stereocenters. The molecular weight excluding hydrogens is 390 g/mol. The van der Waals surface area contributed by atoms with Gasteiger partial charge in [-0.2, -0.15) is 0 Å². The highest BCUT2D eigenvalue weighted by Crippen LogP contribution is 2.35. The van der Waals surface area contributed by atoms with Gasteiger partial charge >= 0.3 is 0 Å². The Morgan fingerprint density at radius 1 is 0.968 bits per heavy atom. The van der Waals surface area contributed by atoms with Gasteiger partial charge in [0.05, 0.1) is 18.9 Å². The molecule has 2 aromatic carbocycles. The number of aromatic nitrogens is 2. The number of nitrogens with zero attached hydrogens (tertiary/aromatic N) is 3. The van der Waals surface area contributed by atoms with Crippen LogP contribution in [-0.4, -0.2) is 53.7 Å². The predicted octanol–water partition coefficient (Wildman–Crippen LogP) is 4.00. The van der Waals surface area contributed by atoms with E-state index in [1.54, 1.807) is 4.90 Å². The number of hydrogen-bond donors (Lipinski definition) is 0. The van der Waals surface area contributed by atoms with Gasteiger partial charge in [0, 0.05) is 35.1 Å². The van der Waals surface area contributed by atoms with Crippen molar-refractivity contribution in [3.8, 4) is 17.1 Å². The molecule has 2 aromatic heterocycles. The van der Waals surface area contributed by atoms with Crippen LogP contribution < -0.4 is 4.74 Å². The molecule has 0 bridgehead atoms. The van der Waals surface area contributed by atoms with E-state index in [9.17, 15) is 4.79 Å². The van der Waals surface area contributed by atoms with Crippen LogP contribution in [0.15, 0.2) is 60.7 Å². The number of fused-ring (bicyclic) bond motifs is 3. The summed E-state index contributed by atoms with van der Waals surface area (Å²) >= 11 is 0. The zero-order chi connectivity index (χ0) is 21.2. The number of carbonyl (C=O) groups is 1. The summed E-state index contributed by atoms with van der Waals surface area (Å²) < 4.78 is 11.3. The Hall–Kier alpha value is -3.51. The highest BCUT2D eigenvalue weighted by atomic mass is 16.5. The largest absolute Gasteiger partial charge is 0.466 e. The van der Waals surface area contributed by atoms with Crippen molar-refractivity contribution < 1.29 is 14.3 Å². The number of benzene rings is 2. The van der Waals surface area contributed by atoms with Crippen molar-refractivity contribution in [2.24, 2.45) is 0 Å². The summed E-state index contributed by atoms with van der Waals surface area (Å²) in [5, 5.41) is 3.12. The first-order chi connectivity index (χ1) is 15.2. The summed E-state index contributed by atoms with van der Waals surface area (Å²) in [5.41, 5.74) is 3.38. The number of hydrogen-bond acceptors (Lipinski definition) is 5. The molecule has 6 heteroatoms. The lowest BCUT2D eigenvalue weighted by atomic mass is 10.0. The highest BCUT2D eigenvalue weighted by Gasteiger charge is 2.20. The molecule has 0 atom stereocenters. The Morgan fingerprint density at radius 3 is 2.45 bits per heavy atom. The quantitative estimate of drug-likeness (QED) is 0.473. The minimum Gasteiger partial charge on any atom is -0.466 e. The van der Waals surface area contributed by atoms with Gasteiger partial charge in [-0.25, -0.2) is 9.97 Å². The van der Waals surface area contributed by atoms with Gasteiger partial charge in [0.1, 0.15) is 5.52 Å². The first-order valence-corrected chi connectivity index (χ1v) is 10.4. The molecule has 5 rings (SSSR count). The van der Waals surface area contributed by atoms with Crippen molar-refractivity contribution in [1.82, 2.24) is 14.9 Å². The fourth-order valence-electron chi connectivity index (χ4n) is 4.00. The summed E-state index contributed by atoms with van der Waals surface area (Å²) in [5.74, 6) is 0.323. The molecule has 1 saturated heterocycles. The number of rotatable bonds is 4. The van der Waals surface area contributed by atoms with E-state index in [2.05, 4.69) is 17.1 Å². The Kier molecular flexibility index (Phi) is 5.22. The molecule has 0 spiro atoms. The van der Waals surface area contributed by atoms with Crippen LogP contribution in [0.4, 0.5) is 0 Å². The number of aryl methyl sites for hydroxylation is 1. The zero-order valence-electron chi connectivity index (χ0n) is 17.4. The van der Waals surface area contributed by atoms with Gasteiger partial charge in [0.2, 0.25) is 5.88 Å². The summed E-state index contributed by atoms with van der Waals surface area (Å²) in [4.78, 5) is 23.9. The molecule has 3 heterocycles. The van der Waals surface area contributed by atoms with Crippen LogP contribution >= 0.6 is 0 Å². The van der Waals surface area contributed by atoms with Crippen LogP contribution in [0.1, 0.15) is 5.69 Å². The van der Waals surface area contributed by atoms with E-state index < -0.39 is 0 Å². The van der Waals surface area contributed by atoms with Crippen molar-refractivity contribution >= 4 is 27.6 Å². The minimum absolute atomic E-state index is 0.0659. The number of morpholine rings is 1. The fraction of sp³-hybridized carbons (Fsp3) is 0.240. The maximum Gasteiger partial charge on any atom is 0.260 e. The molecular formula is C25H23N3O3. The molecule has 156 valence electrons. The van der Waals surface area contributed by atoms with E-state index in [1.807, 2.05) is 55.5 Å². The normalized spacial score (nSPS) is 14.2. The van der Waals surface area contributed by atoms with Crippen molar-refractivity contribution in [1.29, 1.82) is 0 Å². The maximum absolute atomic E-state index is 12.6. The molecule has 1 amide bonds. The van der Waals surface area contributed by atoms with Gasteiger partial charge in [0.25, 0.3) is 5.91 Å². The lowest BCUT2D eigenvalue weighted by Gasteiger charge is -2.26. The smallest absolute Gasteiger partial charge is 0.260 e. The second kappa shape index (κ2) is 8.32. The van der Waals surface area contributed by atoms with Crippen LogP contribution in [0, 0.1) is 6.92 Å².